The maximum Gasteiger partial charge on any atom is 0.214 e. The van der Waals surface area contributed by atoms with Gasteiger partial charge in [0, 0.05) is 17.3 Å². The van der Waals surface area contributed by atoms with Gasteiger partial charge in [-0.2, -0.15) is 16.1 Å². The molecule has 2 saturated heterocycles. The lowest BCUT2D eigenvalue weighted by atomic mass is 10.1. The lowest BCUT2D eigenvalue weighted by molar-refractivity contribution is 0.253. The van der Waals surface area contributed by atoms with Gasteiger partial charge in [-0.25, -0.2) is 8.42 Å². The van der Waals surface area contributed by atoms with Crippen LogP contribution in [-0.4, -0.2) is 42.1 Å². The Bertz CT molecular complexity index is 342. The highest BCUT2D eigenvalue weighted by Crippen LogP contribution is 2.41. The van der Waals surface area contributed by atoms with Gasteiger partial charge in [-0.1, -0.05) is 13.3 Å². The Kier molecular flexibility index (Phi) is 4.42. The molecule has 3 nitrogen and oxygen atoms in total. The number of hydrogen-bond acceptors (Lipinski definition) is 3. The first-order chi connectivity index (χ1) is 8.08. The van der Waals surface area contributed by atoms with Gasteiger partial charge in [0.05, 0.1) is 5.75 Å². The fourth-order valence-corrected chi connectivity index (χ4v) is 6.15. The molecule has 5 heteroatoms. The van der Waals surface area contributed by atoms with E-state index in [1.807, 2.05) is 23.0 Å². The third-order valence-corrected chi connectivity index (χ3v) is 7.13. The van der Waals surface area contributed by atoms with Crippen LogP contribution in [0.2, 0.25) is 0 Å². The highest BCUT2D eigenvalue weighted by molar-refractivity contribution is 7.99. The van der Waals surface area contributed by atoms with Gasteiger partial charge in [0.25, 0.3) is 0 Å². The van der Waals surface area contributed by atoms with E-state index in [2.05, 4.69) is 6.26 Å². The SMILES string of the molecule is CCCCS(=O)(=O)N1C2CCC1CC(SC)C2. The fourth-order valence-electron chi connectivity index (χ4n) is 3.16. The number of piperidine rings is 1. The second kappa shape index (κ2) is 5.49. The summed E-state index contributed by atoms with van der Waals surface area (Å²) in [6, 6.07) is 0.598. The molecule has 0 aromatic heterocycles. The van der Waals surface area contributed by atoms with E-state index < -0.39 is 10.0 Å². The quantitative estimate of drug-likeness (QED) is 0.775. The summed E-state index contributed by atoms with van der Waals surface area (Å²) in [6.45, 7) is 2.05. The Balaban J connectivity index is 2.08. The minimum Gasteiger partial charge on any atom is -0.212 e. The number of rotatable bonds is 5. The molecule has 0 aromatic carbocycles. The largest absolute Gasteiger partial charge is 0.214 e. The molecule has 0 radical (unpaired) electrons. The molecule has 0 spiro atoms. The number of fused-ring (bicyclic) bond motifs is 2. The molecule has 100 valence electrons. The molecule has 2 fully saturated rings. The maximum atomic E-state index is 12.3. The van der Waals surface area contributed by atoms with Crippen LogP contribution in [0.25, 0.3) is 0 Å². The predicted octanol–water partition coefficient (Wildman–Crippen LogP) is 2.47. The average molecular weight is 277 g/mol. The lowest BCUT2D eigenvalue weighted by Crippen LogP contribution is -2.48. The molecule has 0 saturated carbocycles. The molecule has 2 aliphatic rings. The van der Waals surface area contributed by atoms with Gasteiger partial charge in [0.15, 0.2) is 0 Å². The van der Waals surface area contributed by atoms with Gasteiger partial charge < -0.3 is 0 Å². The zero-order chi connectivity index (χ0) is 12.5. The molecular weight excluding hydrogens is 254 g/mol. The van der Waals surface area contributed by atoms with E-state index in [4.69, 9.17) is 0 Å². The topological polar surface area (TPSA) is 37.4 Å². The van der Waals surface area contributed by atoms with E-state index in [1.165, 1.54) is 0 Å². The minimum absolute atomic E-state index is 0.299. The van der Waals surface area contributed by atoms with Crippen molar-refractivity contribution >= 4 is 21.8 Å². The Hall–Kier alpha value is 0.260. The Morgan fingerprint density at radius 3 is 2.29 bits per heavy atom. The molecule has 2 rings (SSSR count). The molecular formula is C12H23NO2S2. The van der Waals surface area contributed by atoms with Crippen LogP contribution in [0.3, 0.4) is 0 Å². The van der Waals surface area contributed by atoms with Gasteiger partial charge in [0.1, 0.15) is 0 Å². The molecule has 0 aromatic rings. The van der Waals surface area contributed by atoms with Crippen LogP contribution in [0.4, 0.5) is 0 Å². The van der Waals surface area contributed by atoms with E-state index in [-0.39, 0.29) is 0 Å². The molecule has 17 heavy (non-hydrogen) atoms. The molecule has 2 unspecified atom stereocenters. The monoisotopic (exact) mass is 277 g/mol. The molecule has 2 aliphatic heterocycles. The zero-order valence-electron chi connectivity index (χ0n) is 10.8. The van der Waals surface area contributed by atoms with Crippen molar-refractivity contribution in [3.8, 4) is 0 Å². The fraction of sp³-hybridized carbons (Fsp3) is 1.00. The van der Waals surface area contributed by atoms with Crippen molar-refractivity contribution < 1.29 is 8.42 Å². The molecule has 2 heterocycles. The third kappa shape index (κ3) is 2.82. The smallest absolute Gasteiger partial charge is 0.212 e. The van der Waals surface area contributed by atoms with Crippen molar-refractivity contribution in [2.24, 2.45) is 0 Å². The van der Waals surface area contributed by atoms with E-state index in [1.54, 1.807) is 0 Å². The zero-order valence-corrected chi connectivity index (χ0v) is 12.4. The Labute approximate surface area is 109 Å². The summed E-state index contributed by atoms with van der Waals surface area (Å²) in [5.74, 6) is 0.348. The predicted molar refractivity (Wildman–Crippen MR) is 73.9 cm³/mol. The summed E-state index contributed by atoms with van der Waals surface area (Å²) < 4.78 is 26.5. The molecule has 0 aliphatic carbocycles. The van der Waals surface area contributed by atoms with Crippen LogP contribution in [-0.2, 0) is 10.0 Å². The van der Waals surface area contributed by atoms with E-state index in [0.717, 1.165) is 38.5 Å². The van der Waals surface area contributed by atoms with Crippen LogP contribution in [0.5, 0.6) is 0 Å². The highest BCUT2D eigenvalue weighted by Gasteiger charge is 2.45. The van der Waals surface area contributed by atoms with E-state index in [0.29, 0.717) is 23.1 Å². The van der Waals surface area contributed by atoms with Gasteiger partial charge in [-0.05, 0) is 38.4 Å². The normalized spacial score (nSPS) is 34.1. The summed E-state index contributed by atoms with van der Waals surface area (Å²) in [6.07, 6.45) is 8.16. The Morgan fingerprint density at radius 1 is 1.24 bits per heavy atom. The van der Waals surface area contributed by atoms with Crippen molar-refractivity contribution in [1.29, 1.82) is 0 Å². The molecule has 0 N–H and O–H groups in total. The summed E-state index contributed by atoms with van der Waals surface area (Å²) in [4.78, 5) is 0. The van der Waals surface area contributed by atoms with Crippen LogP contribution >= 0.6 is 11.8 Å². The van der Waals surface area contributed by atoms with Crippen LogP contribution in [0.1, 0.15) is 45.4 Å². The van der Waals surface area contributed by atoms with Crippen molar-refractivity contribution in [3.63, 3.8) is 0 Å². The summed E-state index contributed by atoms with van der Waals surface area (Å²) in [7, 11) is -2.99. The first-order valence-corrected chi connectivity index (χ1v) is 9.52. The minimum atomic E-state index is -2.99. The van der Waals surface area contributed by atoms with Crippen LogP contribution < -0.4 is 0 Å². The maximum absolute atomic E-state index is 12.3. The standard InChI is InChI=1S/C12H23NO2S2/c1-3-4-7-17(14,15)13-10-5-6-11(13)9-12(8-10)16-2/h10-12H,3-9H2,1-2H3. The van der Waals surface area contributed by atoms with Gasteiger partial charge in [0.2, 0.25) is 10.0 Å². The van der Waals surface area contributed by atoms with Crippen LogP contribution in [0.15, 0.2) is 0 Å². The first-order valence-electron chi connectivity index (χ1n) is 6.62. The van der Waals surface area contributed by atoms with Crippen molar-refractivity contribution in [2.75, 3.05) is 12.0 Å². The first kappa shape index (κ1) is 13.7. The molecule has 2 atom stereocenters. The van der Waals surface area contributed by atoms with Gasteiger partial charge >= 0.3 is 0 Å². The van der Waals surface area contributed by atoms with E-state index >= 15 is 0 Å². The molecule has 2 bridgehead atoms. The van der Waals surface area contributed by atoms with Gasteiger partial charge in [-0.3, -0.25) is 0 Å². The second-order valence-corrected chi connectivity index (χ2v) is 8.35. The number of unbranched alkanes of at least 4 members (excludes halogenated alkanes) is 1. The number of sulfonamides is 1. The number of hydrogen-bond donors (Lipinski definition) is 0. The third-order valence-electron chi connectivity index (χ3n) is 4.03. The highest BCUT2D eigenvalue weighted by atomic mass is 32.2. The Morgan fingerprint density at radius 2 is 1.82 bits per heavy atom. The van der Waals surface area contributed by atoms with Crippen molar-refractivity contribution in [3.05, 3.63) is 0 Å². The van der Waals surface area contributed by atoms with Crippen LogP contribution in [0, 0.1) is 0 Å². The van der Waals surface area contributed by atoms with Crippen molar-refractivity contribution in [1.82, 2.24) is 4.31 Å². The van der Waals surface area contributed by atoms with Gasteiger partial charge in [-0.15, -0.1) is 0 Å². The van der Waals surface area contributed by atoms with Crippen molar-refractivity contribution in [2.45, 2.75) is 62.8 Å². The lowest BCUT2D eigenvalue weighted by Gasteiger charge is -2.37. The number of nitrogens with zero attached hydrogens (tertiary/aromatic N) is 1. The summed E-state index contributed by atoms with van der Waals surface area (Å²) in [5, 5.41) is 0.671. The summed E-state index contributed by atoms with van der Waals surface area (Å²) >= 11 is 1.90. The molecule has 0 amide bonds. The number of thioether (sulfide) groups is 1. The summed E-state index contributed by atoms with van der Waals surface area (Å²) in [5.41, 5.74) is 0. The second-order valence-electron chi connectivity index (χ2n) is 5.21. The average Bonchev–Trinajstić information content (AvgIpc) is 2.59. The van der Waals surface area contributed by atoms with E-state index in [9.17, 15) is 8.42 Å².